The summed E-state index contributed by atoms with van der Waals surface area (Å²) in [6.45, 7) is 0. The Bertz CT molecular complexity index is 656. The van der Waals surface area contributed by atoms with Crippen molar-refractivity contribution < 1.29 is 23.4 Å². The Morgan fingerprint density at radius 2 is 2.26 bits per heavy atom. The van der Waals surface area contributed by atoms with Gasteiger partial charge in [-0.05, 0) is 18.9 Å². The van der Waals surface area contributed by atoms with Crippen molar-refractivity contribution in [2.75, 3.05) is 0 Å². The molecule has 5 nitrogen and oxygen atoms in total. The lowest BCUT2D eigenvalue weighted by Crippen LogP contribution is -2.18. The SMILES string of the molecule is O=C(O)C1CCC(c2nc3cc(F)cc(Cl)c3o2)O1. The Morgan fingerprint density at radius 1 is 1.47 bits per heavy atom. The number of hydrogen-bond acceptors (Lipinski definition) is 4. The van der Waals surface area contributed by atoms with Crippen LogP contribution in [0.4, 0.5) is 4.39 Å². The van der Waals surface area contributed by atoms with Gasteiger partial charge < -0.3 is 14.3 Å². The lowest BCUT2D eigenvalue weighted by molar-refractivity contribution is -0.149. The van der Waals surface area contributed by atoms with E-state index in [2.05, 4.69) is 4.98 Å². The number of halogens is 2. The van der Waals surface area contributed by atoms with Crippen LogP contribution in [-0.2, 0) is 9.53 Å². The summed E-state index contributed by atoms with van der Waals surface area (Å²) < 4.78 is 23.9. The minimum atomic E-state index is -1.01. The number of aromatic nitrogens is 1. The number of hydrogen-bond donors (Lipinski definition) is 1. The second kappa shape index (κ2) is 4.47. The molecular formula is C12H9ClFNO4. The van der Waals surface area contributed by atoms with Crippen LogP contribution in [0.15, 0.2) is 16.5 Å². The monoisotopic (exact) mass is 285 g/mol. The van der Waals surface area contributed by atoms with Crippen molar-refractivity contribution in [3.8, 4) is 0 Å². The summed E-state index contributed by atoms with van der Waals surface area (Å²) in [4.78, 5) is 14.9. The molecule has 2 heterocycles. The molecule has 2 aromatic rings. The van der Waals surface area contributed by atoms with Crippen LogP contribution in [0.1, 0.15) is 24.8 Å². The fourth-order valence-corrected chi connectivity index (χ4v) is 2.35. The maximum atomic E-state index is 13.2. The molecule has 7 heteroatoms. The Balaban J connectivity index is 1.94. The molecule has 1 fully saturated rings. The van der Waals surface area contributed by atoms with Crippen LogP contribution in [0.25, 0.3) is 11.1 Å². The number of carboxylic acid groups (broad SMARTS) is 1. The first-order valence-electron chi connectivity index (χ1n) is 5.68. The van der Waals surface area contributed by atoms with Crippen molar-refractivity contribution in [2.45, 2.75) is 25.0 Å². The summed E-state index contributed by atoms with van der Waals surface area (Å²) in [5.74, 6) is -1.29. The predicted molar refractivity (Wildman–Crippen MR) is 63.5 cm³/mol. The van der Waals surface area contributed by atoms with Gasteiger partial charge in [-0.15, -0.1) is 0 Å². The first kappa shape index (κ1) is 12.4. The molecule has 1 saturated heterocycles. The van der Waals surface area contributed by atoms with Gasteiger partial charge in [0, 0.05) is 6.07 Å². The van der Waals surface area contributed by atoms with Gasteiger partial charge in [-0.2, -0.15) is 0 Å². The minimum Gasteiger partial charge on any atom is -0.479 e. The Labute approximate surface area is 111 Å². The van der Waals surface area contributed by atoms with Crippen LogP contribution in [0, 0.1) is 5.82 Å². The van der Waals surface area contributed by atoms with Crippen LogP contribution in [0.2, 0.25) is 5.02 Å². The second-order valence-electron chi connectivity index (χ2n) is 4.32. The lowest BCUT2D eigenvalue weighted by Gasteiger charge is -2.06. The van der Waals surface area contributed by atoms with E-state index < -0.39 is 24.0 Å². The third-order valence-electron chi connectivity index (χ3n) is 3.00. The van der Waals surface area contributed by atoms with E-state index >= 15 is 0 Å². The molecule has 100 valence electrons. The van der Waals surface area contributed by atoms with Crippen molar-refractivity contribution in [3.05, 3.63) is 28.9 Å². The summed E-state index contributed by atoms with van der Waals surface area (Å²) in [5, 5.41) is 8.98. The number of oxazole rings is 1. The van der Waals surface area contributed by atoms with Crippen molar-refractivity contribution in [3.63, 3.8) is 0 Å². The number of nitrogens with zero attached hydrogens (tertiary/aromatic N) is 1. The zero-order chi connectivity index (χ0) is 13.6. The fourth-order valence-electron chi connectivity index (χ4n) is 2.12. The van der Waals surface area contributed by atoms with Gasteiger partial charge in [-0.1, -0.05) is 11.6 Å². The molecule has 1 aromatic heterocycles. The molecule has 0 spiro atoms. The quantitative estimate of drug-likeness (QED) is 0.918. The van der Waals surface area contributed by atoms with Gasteiger partial charge in [0.15, 0.2) is 11.7 Å². The smallest absolute Gasteiger partial charge is 0.332 e. The van der Waals surface area contributed by atoms with E-state index in [0.29, 0.717) is 18.4 Å². The first-order chi connectivity index (χ1) is 9.04. The Hall–Kier alpha value is -1.66. The Kier molecular flexibility index (Phi) is 2.91. The molecule has 0 radical (unpaired) electrons. The summed E-state index contributed by atoms with van der Waals surface area (Å²) in [7, 11) is 0. The van der Waals surface area contributed by atoms with E-state index in [1.54, 1.807) is 0 Å². The molecule has 3 rings (SSSR count). The van der Waals surface area contributed by atoms with Crippen LogP contribution in [-0.4, -0.2) is 22.2 Å². The fraction of sp³-hybridized carbons (Fsp3) is 0.333. The average Bonchev–Trinajstić information content (AvgIpc) is 2.92. The topological polar surface area (TPSA) is 72.6 Å². The average molecular weight is 286 g/mol. The molecule has 0 amide bonds. The molecule has 1 aliphatic rings. The minimum absolute atomic E-state index is 0.126. The molecular weight excluding hydrogens is 277 g/mol. The number of fused-ring (bicyclic) bond motifs is 1. The number of carbonyl (C=O) groups is 1. The first-order valence-corrected chi connectivity index (χ1v) is 6.06. The number of benzene rings is 1. The van der Waals surface area contributed by atoms with E-state index in [-0.39, 0.29) is 16.5 Å². The van der Waals surface area contributed by atoms with E-state index in [1.165, 1.54) is 6.07 Å². The molecule has 2 atom stereocenters. The third-order valence-corrected chi connectivity index (χ3v) is 3.28. The van der Waals surface area contributed by atoms with Gasteiger partial charge in [-0.25, -0.2) is 14.2 Å². The highest BCUT2D eigenvalue weighted by Gasteiger charge is 2.34. The lowest BCUT2D eigenvalue weighted by atomic mass is 10.2. The van der Waals surface area contributed by atoms with E-state index in [4.69, 9.17) is 25.9 Å². The van der Waals surface area contributed by atoms with Gasteiger partial charge >= 0.3 is 5.97 Å². The number of rotatable bonds is 2. The van der Waals surface area contributed by atoms with Crippen molar-refractivity contribution in [2.24, 2.45) is 0 Å². The number of aliphatic carboxylic acids is 1. The Morgan fingerprint density at radius 3 is 2.95 bits per heavy atom. The molecule has 0 saturated carbocycles. The normalized spacial score (nSPS) is 23.1. The number of ether oxygens (including phenoxy) is 1. The molecule has 1 aromatic carbocycles. The van der Waals surface area contributed by atoms with Crippen LogP contribution >= 0.6 is 11.6 Å². The van der Waals surface area contributed by atoms with Gasteiger partial charge in [0.1, 0.15) is 17.4 Å². The standard InChI is InChI=1S/C12H9ClFNO4/c13-6-3-5(14)4-7-10(6)19-11(15-7)8-1-2-9(18-8)12(16)17/h3-4,8-9H,1-2H2,(H,16,17). The predicted octanol–water partition coefficient (Wildman–Crippen LogP) is 2.93. The summed E-state index contributed by atoms with van der Waals surface area (Å²) in [5.41, 5.74) is 0.572. The maximum Gasteiger partial charge on any atom is 0.332 e. The van der Waals surface area contributed by atoms with E-state index in [9.17, 15) is 9.18 Å². The molecule has 0 aliphatic carbocycles. The third kappa shape index (κ3) is 2.17. The molecule has 1 aliphatic heterocycles. The highest BCUT2D eigenvalue weighted by molar-refractivity contribution is 6.34. The van der Waals surface area contributed by atoms with Gasteiger partial charge in [0.2, 0.25) is 5.89 Å². The highest BCUT2D eigenvalue weighted by atomic mass is 35.5. The van der Waals surface area contributed by atoms with E-state index in [0.717, 1.165) is 6.07 Å². The van der Waals surface area contributed by atoms with Crippen LogP contribution in [0.3, 0.4) is 0 Å². The van der Waals surface area contributed by atoms with Crippen LogP contribution < -0.4 is 0 Å². The van der Waals surface area contributed by atoms with Gasteiger partial charge in [0.05, 0.1) is 5.02 Å². The zero-order valence-electron chi connectivity index (χ0n) is 9.60. The summed E-state index contributed by atoms with van der Waals surface area (Å²) in [6.07, 6.45) is -0.509. The van der Waals surface area contributed by atoms with E-state index in [1.807, 2.05) is 0 Å². The summed E-state index contributed by atoms with van der Waals surface area (Å²) >= 11 is 5.85. The van der Waals surface area contributed by atoms with Crippen molar-refractivity contribution in [1.29, 1.82) is 0 Å². The van der Waals surface area contributed by atoms with Crippen molar-refractivity contribution >= 4 is 28.7 Å². The van der Waals surface area contributed by atoms with Crippen LogP contribution in [0.5, 0.6) is 0 Å². The summed E-state index contributed by atoms with van der Waals surface area (Å²) in [6, 6.07) is 2.34. The zero-order valence-corrected chi connectivity index (χ0v) is 10.4. The second-order valence-corrected chi connectivity index (χ2v) is 4.72. The van der Waals surface area contributed by atoms with Crippen molar-refractivity contribution in [1.82, 2.24) is 4.98 Å². The molecule has 0 bridgehead atoms. The molecule has 1 N–H and O–H groups in total. The largest absolute Gasteiger partial charge is 0.479 e. The maximum absolute atomic E-state index is 13.2. The van der Waals surface area contributed by atoms with Gasteiger partial charge in [-0.3, -0.25) is 0 Å². The van der Waals surface area contributed by atoms with Gasteiger partial charge in [0.25, 0.3) is 0 Å². The molecule has 2 unspecified atom stereocenters. The molecule has 19 heavy (non-hydrogen) atoms. The number of carboxylic acids is 1. The highest BCUT2D eigenvalue weighted by Crippen LogP contribution is 2.35.